The number of ether oxygens (including phenoxy) is 1. The van der Waals surface area contributed by atoms with Gasteiger partial charge in [0.1, 0.15) is 5.75 Å². The van der Waals surface area contributed by atoms with E-state index in [1.165, 1.54) is 5.56 Å². The summed E-state index contributed by atoms with van der Waals surface area (Å²) in [5.41, 5.74) is 2.17. The third-order valence-electron chi connectivity index (χ3n) is 4.20. The molecular weight excluding hydrogens is 397 g/mol. The fourth-order valence-corrected chi connectivity index (χ4v) is 3.01. The summed E-state index contributed by atoms with van der Waals surface area (Å²) in [6, 6.07) is 15.2. The summed E-state index contributed by atoms with van der Waals surface area (Å²) in [6.07, 6.45) is 4.02. The van der Waals surface area contributed by atoms with E-state index in [0.29, 0.717) is 28.9 Å². The maximum Gasteiger partial charge on any atom is 0.226 e. The lowest BCUT2D eigenvalue weighted by atomic mass is 10.2. The van der Waals surface area contributed by atoms with Crippen molar-refractivity contribution in [2.45, 2.75) is 19.5 Å². The molecule has 2 aromatic carbocycles. The molecule has 0 radical (unpaired) electrons. The maximum absolute atomic E-state index is 12.3. The lowest BCUT2D eigenvalue weighted by molar-refractivity contribution is -0.130. The first-order chi connectivity index (χ1) is 13.5. The van der Waals surface area contributed by atoms with Crippen LogP contribution < -0.4 is 4.74 Å². The van der Waals surface area contributed by atoms with Crippen LogP contribution in [0.25, 0.3) is 0 Å². The van der Waals surface area contributed by atoms with E-state index in [1.807, 2.05) is 29.1 Å². The van der Waals surface area contributed by atoms with Gasteiger partial charge in [-0.15, -0.1) is 0 Å². The van der Waals surface area contributed by atoms with Crippen LogP contribution in [0.15, 0.2) is 60.9 Å². The van der Waals surface area contributed by atoms with Gasteiger partial charge in [-0.05, 0) is 17.7 Å². The van der Waals surface area contributed by atoms with Crippen molar-refractivity contribution in [1.29, 1.82) is 0 Å². The molecule has 0 aliphatic rings. The van der Waals surface area contributed by atoms with Gasteiger partial charge in [0, 0.05) is 31.4 Å². The molecule has 0 atom stereocenters. The zero-order chi connectivity index (χ0) is 19.9. The summed E-state index contributed by atoms with van der Waals surface area (Å²) in [4.78, 5) is 14.0. The minimum absolute atomic E-state index is 0.00382. The van der Waals surface area contributed by atoms with E-state index < -0.39 is 0 Å². The van der Waals surface area contributed by atoms with Crippen molar-refractivity contribution >= 4 is 29.1 Å². The predicted octanol–water partition coefficient (Wildman–Crippen LogP) is 4.67. The molecule has 0 N–H and O–H groups in total. The Balaban J connectivity index is 1.45. The molecule has 0 saturated carbocycles. The van der Waals surface area contributed by atoms with Gasteiger partial charge in [-0.25, -0.2) is 0 Å². The van der Waals surface area contributed by atoms with Crippen LogP contribution in [-0.2, 0) is 17.9 Å². The van der Waals surface area contributed by atoms with Gasteiger partial charge in [0.2, 0.25) is 5.91 Å². The number of hydrogen-bond acceptors (Lipinski definition) is 3. The predicted molar refractivity (Wildman–Crippen MR) is 111 cm³/mol. The van der Waals surface area contributed by atoms with Crippen LogP contribution in [0.3, 0.4) is 0 Å². The molecule has 0 saturated heterocycles. The van der Waals surface area contributed by atoms with Crippen molar-refractivity contribution < 1.29 is 9.53 Å². The van der Waals surface area contributed by atoms with Gasteiger partial charge >= 0.3 is 0 Å². The van der Waals surface area contributed by atoms with Crippen LogP contribution >= 0.6 is 23.2 Å². The molecule has 3 aromatic rings. The monoisotopic (exact) mass is 417 g/mol. The Kier molecular flexibility index (Phi) is 6.95. The van der Waals surface area contributed by atoms with Crippen LogP contribution in [0.4, 0.5) is 0 Å². The summed E-state index contributed by atoms with van der Waals surface area (Å²) >= 11 is 11.8. The number of benzene rings is 2. The van der Waals surface area contributed by atoms with Crippen LogP contribution in [0.1, 0.15) is 17.5 Å². The Morgan fingerprint density at radius 1 is 1.11 bits per heavy atom. The first-order valence-corrected chi connectivity index (χ1v) is 9.64. The molecule has 0 spiro atoms. The van der Waals surface area contributed by atoms with Crippen molar-refractivity contribution in [1.82, 2.24) is 14.7 Å². The second-order valence-corrected chi connectivity index (χ2v) is 7.27. The molecule has 0 aliphatic heterocycles. The molecule has 28 heavy (non-hydrogen) atoms. The molecule has 1 heterocycles. The molecule has 1 amide bonds. The van der Waals surface area contributed by atoms with Crippen molar-refractivity contribution in [2.24, 2.45) is 0 Å². The van der Waals surface area contributed by atoms with Crippen LogP contribution in [0, 0.1) is 0 Å². The van der Waals surface area contributed by atoms with E-state index in [9.17, 15) is 4.79 Å². The molecular formula is C21H21Cl2N3O2. The molecule has 5 nitrogen and oxygen atoms in total. The summed E-state index contributed by atoms with van der Waals surface area (Å²) in [5, 5.41) is 5.27. The topological polar surface area (TPSA) is 47.4 Å². The Hall–Kier alpha value is -2.50. The zero-order valence-electron chi connectivity index (χ0n) is 15.5. The highest BCUT2D eigenvalue weighted by Crippen LogP contribution is 2.26. The summed E-state index contributed by atoms with van der Waals surface area (Å²) < 4.78 is 7.45. The van der Waals surface area contributed by atoms with Crippen molar-refractivity contribution in [3.63, 3.8) is 0 Å². The third kappa shape index (κ3) is 5.75. The van der Waals surface area contributed by atoms with E-state index in [4.69, 9.17) is 27.9 Å². The van der Waals surface area contributed by atoms with Crippen molar-refractivity contribution in [3.05, 3.63) is 82.1 Å². The van der Waals surface area contributed by atoms with E-state index in [0.717, 1.165) is 5.56 Å². The smallest absolute Gasteiger partial charge is 0.226 e. The zero-order valence-corrected chi connectivity index (χ0v) is 17.0. The number of carbonyl (C=O) groups excluding carboxylic acids is 1. The van der Waals surface area contributed by atoms with Gasteiger partial charge in [-0.3, -0.25) is 9.48 Å². The minimum atomic E-state index is -0.00382. The lowest BCUT2D eigenvalue weighted by Gasteiger charge is -2.16. The van der Waals surface area contributed by atoms with Gasteiger partial charge in [0.15, 0.2) is 0 Å². The minimum Gasteiger partial charge on any atom is -0.493 e. The average molecular weight is 418 g/mol. The number of hydrogen-bond donors (Lipinski definition) is 0. The maximum atomic E-state index is 12.3. The Bertz CT molecular complexity index is 928. The highest BCUT2D eigenvalue weighted by molar-refractivity contribution is 6.42. The molecule has 0 fully saturated rings. The van der Waals surface area contributed by atoms with E-state index in [2.05, 4.69) is 17.2 Å². The highest BCUT2D eigenvalue weighted by Gasteiger charge is 2.11. The standard InChI is InChI=1S/C21H21Cl2N3O2/c1-25(21(27)9-10-28-18-7-8-19(22)20(23)11-18)13-17-12-24-26(15-17)14-16-5-3-2-4-6-16/h2-8,11-12,15H,9-10,13-14H2,1H3. The number of amides is 1. The summed E-state index contributed by atoms with van der Waals surface area (Å²) in [7, 11) is 1.77. The van der Waals surface area contributed by atoms with E-state index in [1.54, 1.807) is 36.3 Å². The molecule has 3 rings (SSSR count). The fraction of sp³-hybridized carbons (Fsp3) is 0.238. The van der Waals surface area contributed by atoms with Crippen molar-refractivity contribution in [3.8, 4) is 5.75 Å². The van der Waals surface area contributed by atoms with Gasteiger partial charge < -0.3 is 9.64 Å². The molecule has 1 aromatic heterocycles. The average Bonchev–Trinajstić information content (AvgIpc) is 3.12. The molecule has 146 valence electrons. The number of aromatic nitrogens is 2. The van der Waals surface area contributed by atoms with Gasteiger partial charge in [-0.2, -0.15) is 5.10 Å². The SMILES string of the molecule is CN(Cc1cnn(Cc2ccccc2)c1)C(=O)CCOc1ccc(Cl)c(Cl)c1. The number of halogens is 2. The molecule has 7 heteroatoms. The van der Waals surface area contributed by atoms with Gasteiger partial charge in [0.25, 0.3) is 0 Å². The fourth-order valence-electron chi connectivity index (χ4n) is 2.72. The number of rotatable bonds is 8. The second-order valence-electron chi connectivity index (χ2n) is 6.46. The van der Waals surface area contributed by atoms with Crippen LogP contribution in [0.2, 0.25) is 10.0 Å². The lowest BCUT2D eigenvalue weighted by Crippen LogP contribution is -2.27. The molecule has 0 aliphatic carbocycles. The Labute approximate surface area is 174 Å². The second kappa shape index (κ2) is 9.62. The largest absolute Gasteiger partial charge is 0.493 e. The Morgan fingerprint density at radius 3 is 2.64 bits per heavy atom. The Morgan fingerprint density at radius 2 is 1.89 bits per heavy atom. The van der Waals surface area contributed by atoms with Gasteiger partial charge in [-0.1, -0.05) is 53.5 Å². The third-order valence-corrected chi connectivity index (χ3v) is 4.93. The normalized spacial score (nSPS) is 10.7. The molecule has 0 bridgehead atoms. The highest BCUT2D eigenvalue weighted by atomic mass is 35.5. The first-order valence-electron chi connectivity index (χ1n) is 8.88. The van der Waals surface area contributed by atoms with E-state index in [-0.39, 0.29) is 18.9 Å². The summed E-state index contributed by atoms with van der Waals surface area (Å²) in [6.45, 7) is 1.48. The first kappa shape index (κ1) is 20.2. The number of carbonyl (C=O) groups is 1. The van der Waals surface area contributed by atoms with E-state index >= 15 is 0 Å². The quantitative estimate of drug-likeness (QED) is 0.535. The van der Waals surface area contributed by atoms with Crippen molar-refractivity contribution in [2.75, 3.05) is 13.7 Å². The van der Waals surface area contributed by atoms with Crippen LogP contribution in [0.5, 0.6) is 5.75 Å². The van der Waals surface area contributed by atoms with Crippen LogP contribution in [-0.4, -0.2) is 34.2 Å². The molecule has 0 unspecified atom stereocenters. The summed E-state index contributed by atoms with van der Waals surface area (Å²) in [5.74, 6) is 0.586. The van der Waals surface area contributed by atoms with Gasteiger partial charge in [0.05, 0.1) is 35.8 Å². The number of nitrogens with zero attached hydrogens (tertiary/aromatic N) is 3.